The van der Waals surface area contributed by atoms with E-state index < -0.39 is 0 Å². The number of hydrogen-bond acceptors (Lipinski definition) is 4. The lowest BCUT2D eigenvalue weighted by Gasteiger charge is -2.19. The standard InChI is InChI=1S/C82H50N8/c83-51-52-22-21-27-55(44-52)56-40-42-74(89-72-38-19-15-34-62(72)67-47-65-60-32-13-17-36-70(60)87(76(65)49-78(67)89)58-28-9-3-10-29-58)64(45-56)57-41-43-75(69(46-57)82-85-80(53-23-5-1-6-24-53)84-81(86-82)54-25-7-2-8-26-54)90-73-39-20-16-35-63(73)68-48-66-61-33-14-18-37-71(61)88(77(66)50-79(68)90)59-30-11-4-12-31-59/h1-50H. The van der Waals surface area contributed by atoms with Crippen molar-refractivity contribution in [3.63, 3.8) is 0 Å². The largest absolute Gasteiger partial charge is 0.309 e. The van der Waals surface area contributed by atoms with Gasteiger partial charge in [-0.25, -0.2) is 15.0 Å². The van der Waals surface area contributed by atoms with Gasteiger partial charge in [0.25, 0.3) is 0 Å². The Hall–Kier alpha value is -12.4. The third-order valence-corrected chi connectivity index (χ3v) is 18.0. The molecule has 18 rings (SSSR count). The van der Waals surface area contributed by atoms with E-state index in [2.05, 4.69) is 273 Å². The SMILES string of the molecule is N#Cc1cccc(-c2ccc(-n3c4ccccc4c4cc5c6ccccc6n(-c6ccccc6)c5cc43)c(-c3ccc(-n4c5ccccc5c5cc6c7ccccc7n(-c7ccccc7)c6cc54)c(-c4nc(-c5ccccc5)nc(-c5ccccc5)n4)c3)c2)c1. The molecule has 0 unspecified atom stereocenters. The maximum absolute atomic E-state index is 10.3. The molecule has 0 spiro atoms. The number of rotatable bonds is 9. The van der Waals surface area contributed by atoms with E-state index in [0.717, 1.165) is 127 Å². The van der Waals surface area contributed by atoms with Crippen LogP contribution in [0.15, 0.2) is 303 Å². The zero-order valence-electron chi connectivity index (χ0n) is 48.4. The number of para-hydroxylation sites is 6. The Morgan fingerprint density at radius 1 is 0.233 bits per heavy atom. The molecule has 8 heteroatoms. The van der Waals surface area contributed by atoms with E-state index in [9.17, 15) is 5.26 Å². The minimum atomic E-state index is 0.525. The average molecular weight is 1150 g/mol. The molecule has 0 N–H and O–H groups in total. The summed E-state index contributed by atoms with van der Waals surface area (Å²) in [6.45, 7) is 0. The van der Waals surface area contributed by atoms with Crippen molar-refractivity contribution < 1.29 is 0 Å². The molecule has 0 aliphatic carbocycles. The zero-order valence-corrected chi connectivity index (χ0v) is 48.4. The van der Waals surface area contributed by atoms with Gasteiger partial charge in [-0.2, -0.15) is 5.26 Å². The number of hydrogen-bond donors (Lipinski definition) is 0. The fourth-order valence-corrected chi connectivity index (χ4v) is 14.0. The molecule has 18 aromatic rings. The monoisotopic (exact) mass is 1150 g/mol. The summed E-state index contributed by atoms with van der Waals surface area (Å²) in [5.41, 5.74) is 19.8. The minimum absolute atomic E-state index is 0.525. The highest BCUT2D eigenvalue weighted by atomic mass is 15.1. The molecule has 0 saturated carbocycles. The van der Waals surface area contributed by atoms with Gasteiger partial charge in [0, 0.05) is 76.7 Å². The second-order valence-electron chi connectivity index (χ2n) is 23.0. The van der Waals surface area contributed by atoms with Gasteiger partial charge in [0.05, 0.1) is 67.1 Å². The highest BCUT2D eigenvalue weighted by molar-refractivity contribution is 6.21. The van der Waals surface area contributed by atoms with Crippen LogP contribution in [0, 0.1) is 11.3 Å². The van der Waals surface area contributed by atoms with Crippen LogP contribution in [0.2, 0.25) is 0 Å². The summed E-state index contributed by atoms with van der Waals surface area (Å²) in [5, 5.41) is 19.6. The van der Waals surface area contributed by atoms with E-state index in [1.165, 1.54) is 21.5 Å². The summed E-state index contributed by atoms with van der Waals surface area (Å²) in [7, 11) is 0. The van der Waals surface area contributed by atoms with Crippen LogP contribution in [0.3, 0.4) is 0 Å². The van der Waals surface area contributed by atoms with Crippen LogP contribution in [0.5, 0.6) is 0 Å². The molecule has 0 atom stereocenters. The van der Waals surface area contributed by atoms with Gasteiger partial charge in [-0.3, -0.25) is 0 Å². The van der Waals surface area contributed by atoms with Crippen LogP contribution in [-0.2, 0) is 0 Å². The molecule has 90 heavy (non-hydrogen) atoms. The molecule has 0 aliphatic heterocycles. The quantitative estimate of drug-likeness (QED) is 0.144. The van der Waals surface area contributed by atoms with Gasteiger partial charge in [0.1, 0.15) is 0 Å². The van der Waals surface area contributed by atoms with Crippen LogP contribution in [-0.4, -0.2) is 33.2 Å². The number of fused-ring (bicyclic) bond motifs is 12. The Morgan fingerprint density at radius 3 is 1.06 bits per heavy atom. The molecule has 8 nitrogen and oxygen atoms in total. The van der Waals surface area contributed by atoms with Crippen molar-refractivity contribution in [3.8, 4) is 85.2 Å². The van der Waals surface area contributed by atoms with Crippen molar-refractivity contribution in [2.24, 2.45) is 0 Å². The molecule has 13 aromatic carbocycles. The van der Waals surface area contributed by atoms with E-state index in [4.69, 9.17) is 15.0 Å². The summed E-state index contributed by atoms with van der Waals surface area (Å²) in [6.07, 6.45) is 0. The summed E-state index contributed by atoms with van der Waals surface area (Å²) in [6, 6.07) is 110. The second-order valence-corrected chi connectivity index (χ2v) is 23.0. The zero-order chi connectivity index (χ0) is 59.4. The lowest BCUT2D eigenvalue weighted by atomic mass is 9.94. The van der Waals surface area contributed by atoms with E-state index >= 15 is 0 Å². The van der Waals surface area contributed by atoms with Crippen molar-refractivity contribution in [3.05, 3.63) is 309 Å². The first-order valence-electron chi connectivity index (χ1n) is 30.3. The summed E-state index contributed by atoms with van der Waals surface area (Å²) in [5.74, 6) is 1.66. The topological polar surface area (TPSA) is 82.2 Å². The molecule has 5 aromatic heterocycles. The Labute approximate surface area is 516 Å². The van der Waals surface area contributed by atoms with E-state index in [-0.39, 0.29) is 0 Å². The van der Waals surface area contributed by atoms with Crippen molar-refractivity contribution in [1.29, 1.82) is 5.26 Å². The molecule has 0 aliphatic rings. The smallest absolute Gasteiger partial charge is 0.166 e. The first-order valence-corrected chi connectivity index (χ1v) is 30.3. The first kappa shape index (κ1) is 50.8. The Morgan fingerprint density at radius 2 is 0.589 bits per heavy atom. The van der Waals surface area contributed by atoms with Gasteiger partial charge in [-0.05, 0) is 126 Å². The number of nitrogens with zero attached hydrogens (tertiary/aromatic N) is 8. The molecule has 0 bridgehead atoms. The minimum Gasteiger partial charge on any atom is -0.309 e. The highest BCUT2D eigenvalue weighted by Crippen LogP contribution is 2.46. The van der Waals surface area contributed by atoms with Crippen molar-refractivity contribution in [1.82, 2.24) is 33.2 Å². The van der Waals surface area contributed by atoms with Gasteiger partial charge >= 0.3 is 0 Å². The fourth-order valence-electron chi connectivity index (χ4n) is 14.0. The lowest BCUT2D eigenvalue weighted by Crippen LogP contribution is -2.05. The molecule has 5 heterocycles. The van der Waals surface area contributed by atoms with Crippen molar-refractivity contribution >= 4 is 87.2 Å². The molecule has 0 radical (unpaired) electrons. The van der Waals surface area contributed by atoms with Crippen molar-refractivity contribution in [2.75, 3.05) is 0 Å². The van der Waals surface area contributed by atoms with Gasteiger partial charge in [-0.1, -0.05) is 194 Å². The number of benzene rings is 13. The van der Waals surface area contributed by atoms with Crippen molar-refractivity contribution in [2.45, 2.75) is 0 Å². The number of nitriles is 1. The summed E-state index contributed by atoms with van der Waals surface area (Å²) >= 11 is 0. The normalized spacial score (nSPS) is 11.8. The van der Waals surface area contributed by atoms with Crippen LogP contribution >= 0.6 is 0 Å². The first-order chi connectivity index (χ1) is 44.6. The van der Waals surface area contributed by atoms with Crippen LogP contribution in [0.4, 0.5) is 0 Å². The Bertz CT molecular complexity index is 5910. The third-order valence-electron chi connectivity index (χ3n) is 18.0. The predicted molar refractivity (Wildman–Crippen MR) is 369 cm³/mol. The summed E-state index contributed by atoms with van der Waals surface area (Å²) < 4.78 is 9.65. The van der Waals surface area contributed by atoms with Crippen LogP contribution < -0.4 is 0 Å². The van der Waals surface area contributed by atoms with Gasteiger partial charge in [0.15, 0.2) is 17.5 Å². The second kappa shape index (κ2) is 20.3. The van der Waals surface area contributed by atoms with E-state index in [0.29, 0.717) is 23.0 Å². The Balaban J connectivity index is 0.959. The van der Waals surface area contributed by atoms with Gasteiger partial charge in [-0.15, -0.1) is 0 Å². The molecule has 418 valence electrons. The highest BCUT2D eigenvalue weighted by Gasteiger charge is 2.26. The Kier molecular flexibility index (Phi) is 11.5. The molecule has 0 fully saturated rings. The predicted octanol–water partition coefficient (Wildman–Crippen LogP) is 20.5. The lowest BCUT2D eigenvalue weighted by molar-refractivity contribution is 1.06. The average Bonchev–Trinajstić information content (AvgIpc) is 1.62. The molecule has 0 saturated heterocycles. The maximum Gasteiger partial charge on any atom is 0.166 e. The van der Waals surface area contributed by atoms with Crippen LogP contribution in [0.1, 0.15) is 5.56 Å². The third kappa shape index (κ3) is 7.97. The molecular formula is C82H50N8. The van der Waals surface area contributed by atoms with Crippen LogP contribution in [0.25, 0.3) is 166 Å². The van der Waals surface area contributed by atoms with Gasteiger partial charge in [0.2, 0.25) is 0 Å². The van der Waals surface area contributed by atoms with Gasteiger partial charge < -0.3 is 18.3 Å². The van der Waals surface area contributed by atoms with E-state index in [1.807, 2.05) is 54.6 Å². The fraction of sp³-hybridized carbons (Fsp3) is 0. The maximum atomic E-state index is 10.3. The summed E-state index contributed by atoms with van der Waals surface area (Å²) in [4.78, 5) is 16.3. The molecule has 0 amide bonds. The van der Waals surface area contributed by atoms with E-state index in [1.54, 1.807) is 0 Å². The molecular weight excluding hydrogens is 1100 g/mol. The number of aromatic nitrogens is 7.